The molecule has 0 amide bonds. The van der Waals surface area contributed by atoms with Crippen molar-refractivity contribution in [3.8, 4) is 11.5 Å². The van der Waals surface area contributed by atoms with E-state index in [1.807, 2.05) is 72.7 Å². The molecule has 0 aliphatic rings. The zero-order valence-corrected chi connectivity index (χ0v) is 21.9. The van der Waals surface area contributed by atoms with Crippen molar-refractivity contribution in [3.05, 3.63) is 93.5 Å². The Morgan fingerprint density at radius 1 is 0.694 bits per heavy atom. The summed E-state index contributed by atoms with van der Waals surface area (Å²) in [6.07, 6.45) is 0. The van der Waals surface area contributed by atoms with Gasteiger partial charge in [0.05, 0.1) is 17.7 Å². The van der Waals surface area contributed by atoms with Crippen LogP contribution in [0.2, 0.25) is 0 Å². The van der Waals surface area contributed by atoms with Crippen LogP contribution in [-0.2, 0) is 0 Å². The van der Waals surface area contributed by atoms with Gasteiger partial charge in [0.2, 0.25) is 0 Å². The smallest absolute Gasteiger partial charge is 0.343 e. The van der Waals surface area contributed by atoms with E-state index in [9.17, 15) is 14.4 Å². The van der Waals surface area contributed by atoms with E-state index in [1.165, 1.54) is 12.1 Å². The number of nitrogens with one attached hydrogen (secondary N) is 1. The van der Waals surface area contributed by atoms with E-state index in [1.54, 1.807) is 18.2 Å². The number of carbonyl (C=O) groups excluding carboxylic acids is 3. The van der Waals surface area contributed by atoms with Crippen molar-refractivity contribution in [3.63, 3.8) is 0 Å². The third-order valence-corrected chi connectivity index (χ3v) is 5.65. The molecular formula is C30H33NO5. The van der Waals surface area contributed by atoms with Gasteiger partial charge in [-0.15, -0.1) is 0 Å². The predicted octanol–water partition coefficient (Wildman–Crippen LogP) is 5.93. The summed E-state index contributed by atoms with van der Waals surface area (Å²) < 4.78 is 11.3. The molecule has 0 saturated heterocycles. The standard InChI is InChI=1S/C30H33NO5/c1-18-8-11-23(20(3)14-18)28(33)35-26-13-10-22(25(32)17-31-30(5,6)7)16-27(26)36-29(34)24-12-9-19(2)15-21(24)4/h8-16,31H,17H2,1-7H3. The summed E-state index contributed by atoms with van der Waals surface area (Å²) in [5.41, 5.74) is 4.46. The van der Waals surface area contributed by atoms with Gasteiger partial charge in [-0.2, -0.15) is 0 Å². The summed E-state index contributed by atoms with van der Waals surface area (Å²) in [5, 5.41) is 3.16. The molecule has 0 saturated carbocycles. The van der Waals surface area contributed by atoms with Crippen LogP contribution in [0.1, 0.15) is 74.1 Å². The van der Waals surface area contributed by atoms with Crippen LogP contribution in [0.4, 0.5) is 0 Å². The van der Waals surface area contributed by atoms with Crippen molar-refractivity contribution < 1.29 is 23.9 Å². The van der Waals surface area contributed by atoms with Gasteiger partial charge in [-0.3, -0.25) is 4.79 Å². The Morgan fingerprint density at radius 2 is 1.19 bits per heavy atom. The van der Waals surface area contributed by atoms with Crippen LogP contribution in [0.5, 0.6) is 11.5 Å². The quantitative estimate of drug-likeness (QED) is 0.253. The van der Waals surface area contributed by atoms with Gasteiger partial charge >= 0.3 is 11.9 Å². The van der Waals surface area contributed by atoms with Crippen LogP contribution >= 0.6 is 0 Å². The zero-order chi connectivity index (χ0) is 26.6. The van der Waals surface area contributed by atoms with E-state index in [0.717, 1.165) is 22.3 Å². The third-order valence-electron chi connectivity index (χ3n) is 5.65. The number of esters is 2. The molecule has 1 N–H and O–H groups in total. The molecule has 36 heavy (non-hydrogen) atoms. The highest BCUT2D eigenvalue weighted by molar-refractivity contribution is 5.99. The van der Waals surface area contributed by atoms with Crippen LogP contribution in [0.25, 0.3) is 0 Å². The second kappa shape index (κ2) is 10.9. The Morgan fingerprint density at radius 3 is 1.67 bits per heavy atom. The van der Waals surface area contributed by atoms with E-state index in [4.69, 9.17) is 9.47 Å². The Hall–Kier alpha value is -3.77. The maximum Gasteiger partial charge on any atom is 0.343 e. The van der Waals surface area contributed by atoms with Crippen LogP contribution in [0, 0.1) is 27.7 Å². The molecule has 0 atom stereocenters. The predicted molar refractivity (Wildman–Crippen MR) is 140 cm³/mol. The number of ether oxygens (including phenoxy) is 2. The number of aryl methyl sites for hydroxylation is 4. The first-order chi connectivity index (χ1) is 16.8. The van der Waals surface area contributed by atoms with Crippen molar-refractivity contribution in [2.24, 2.45) is 0 Å². The summed E-state index contributed by atoms with van der Waals surface area (Å²) >= 11 is 0. The zero-order valence-electron chi connectivity index (χ0n) is 21.9. The lowest BCUT2D eigenvalue weighted by atomic mass is 10.1. The van der Waals surface area contributed by atoms with Gasteiger partial charge in [0.1, 0.15) is 0 Å². The van der Waals surface area contributed by atoms with Crippen molar-refractivity contribution in [2.75, 3.05) is 6.54 Å². The SMILES string of the molecule is Cc1ccc(C(=O)Oc2ccc(C(=O)CNC(C)(C)C)cc2OC(=O)c2ccc(C)cc2C)c(C)c1. The second-order valence-corrected chi connectivity index (χ2v) is 10.1. The number of benzene rings is 3. The average molecular weight is 488 g/mol. The molecule has 3 aromatic rings. The maximum atomic E-state index is 13.0. The first-order valence-corrected chi connectivity index (χ1v) is 11.9. The maximum absolute atomic E-state index is 13.0. The minimum atomic E-state index is -0.603. The van der Waals surface area contributed by atoms with Gasteiger partial charge in [-0.25, -0.2) is 9.59 Å². The largest absolute Gasteiger partial charge is 0.419 e. The monoisotopic (exact) mass is 487 g/mol. The Kier molecular flexibility index (Phi) is 8.10. The average Bonchev–Trinajstić information content (AvgIpc) is 2.77. The minimum absolute atomic E-state index is 0.000279. The lowest BCUT2D eigenvalue weighted by Gasteiger charge is -2.20. The molecule has 6 heteroatoms. The molecule has 0 aliphatic carbocycles. The molecule has 188 valence electrons. The van der Waals surface area contributed by atoms with E-state index in [2.05, 4.69) is 5.32 Å². The van der Waals surface area contributed by atoms with Gasteiger partial charge in [0.25, 0.3) is 0 Å². The highest BCUT2D eigenvalue weighted by Gasteiger charge is 2.21. The van der Waals surface area contributed by atoms with Crippen LogP contribution in [-0.4, -0.2) is 29.8 Å². The van der Waals surface area contributed by atoms with E-state index in [0.29, 0.717) is 16.7 Å². The second-order valence-electron chi connectivity index (χ2n) is 10.1. The van der Waals surface area contributed by atoms with Gasteiger partial charge in [0, 0.05) is 11.1 Å². The van der Waals surface area contributed by atoms with E-state index < -0.39 is 11.9 Å². The molecule has 0 radical (unpaired) electrons. The fraction of sp³-hybridized carbons (Fsp3) is 0.300. The summed E-state index contributed by atoms with van der Waals surface area (Å²) in [6, 6.07) is 15.3. The first kappa shape index (κ1) is 26.8. The first-order valence-electron chi connectivity index (χ1n) is 11.9. The Bertz CT molecular complexity index is 1320. The number of ketones is 1. The van der Waals surface area contributed by atoms with Gasteiger partial charge < -0.3 is 14.8 Å². The van der Waals surface area contributed by atoms with Gasteiger partial charge in [-0.1, -0.05) is 35.4 Å². The van der Waals surface area contributed by atoms with Gasteiger partial charge in [0.15, 0.2) is 17.3 Å². The Labute approximate surface area is 212 Å². The molecule has 0 heterocycles. The van der Waals surface area contributed by atoms with Crippen LogP contribution in [0.15, 0.2) is 54.6 Å². The van der Waals surface area contributed by atoms with E-state index in [-0.39, 0.29) is 29.4 Å². The van der Waals surface area contributed by atoms with Crippen molar-refractivity contribution >= 4 is 17.7 Å². The molecule has 6 nitrogen and oxygen atoms in total. The minimum Gasteiger partial charge on any atom is -0.419 e. The Balaban J connectivity index is 1.94. The molecule has 0 bridgehead atoms. The van der Waals surface area contributed by atoms with Crippen molar-refractivity contribution in [1.82, 2.24) is 5.32 Å². The summed E-state index contributed by atoms with van der Waals surface area (Å²) in [4.78, 5) is 38.8. The third kappa shape index (κ3) is 6.89. The van der Waals surface area contributed by atoms with Crippen LogP contribution in [0.3, 0.4) is 0 Å². The summed E-state index contributed by atoms with van der Waals surface area (Å²) in [7, 11) is 0. The summed E-state index contributed by atoms with van der Waals surface area (Å²) in [6.45, 7) is 13.5. The summed E-state index contributed by atoms with van der Waals surface area (Å²) in [5.74, 6) is -1.31. The molecular weight excluding hydrogens is 454 g/mol. The van der Waals surface area contributed by atoms with Crippen molar-refractivity contribution in [2.45, 2.75) is 54.0 Å². The fourth-order valence-electron chi connectivity index (χ4n) is 3.69. The highest BCUT2D eigenvalue weighted by Crippen LogP contribution is 2.31. The number of rotatable bonds is 7. The molecule has 3 rings (SSSR count). The molecule has 0 unspecified atom stereocenters. The lowest BCUT2D eigenvalue weighted by Crippen LogP contribution is -2.39. The molecule has 0 aromatic heterocycles. The molecule has 0 fully saturated rings. The highest BCUT2D eigenvalue weighted by atomic mass is 16.6. The van der Waals surface area contributed by atoms with Gasteiger partial charge in [-0.05, 0) is 89.9 Å². The number of carbonyl (C=O) groups is 3. The van der Waals surface area contributed by atoms with Crippen LogP contribution < -0.4 is 14.8 Å². The normalized spacial score (nSPS) is 11.2. The molecule has 3 aromatic carbocycles. The number of hydrogen-bond donors (Lipinski definition) is 1. The topological polar surface area (TPSA) is 81.7 Å². The lowest BCUT2D eigenvalue weighted by molar-refractivity contribution is 0.0681. The number of Topliss-reactive ketones (excluding diaryl/α,β-unsaturated/α-hetero) is 1. The van der Waals surface area contributed by atoms with Crippen molar-refractivity contribution in [1.29, 1.82) is 0 Å². The van der Waals surface area contributed by atoms with E-state index >= 15 is 0 Å². The molecule has 0 aliphatic heterocycles. The number of hydrogen-bond acceptors (Lipinski definition) is 6. The fourth-order valence-corrected chi connectivity index (χ4v) is 3.69. The molecule has 0 spiro atoms.